The van der Waals surface area contributed by atoms with Gasteiger partial charge in [0.05, 0.1) is 11.8 Å². The smallest absolute Gasteiger partial charge is 0.251 e. The molecule has 2 N–H and O–H groups in total. The third kappa shape index (κ3) is 6.22. The minimum Gasteiger partial charge on any atom is -0.342 e. The first-order valence-electron chi connectivity index (χ1n) is 11.0. The predicted octanol–water partition coefficient (Wildman–Crippen LogP) is 4.80. The number of rotatable bonds is 9. The molecule has 174 valence electrons. The number of para-hydroxylation sites is 1. The molecule has 0 unspecified atom stereocenters. The van der Waals surface area contributed by atoms with Crippen molar-refractivity contribution in [3.63, 3.8) is 0 Å². The molecule has 1 heterocycles. The lowest BCUT2D eigenvalue weighted by Gasteiger charge is -2.21. The Labute approximate surface area is 199 Å². The fraction of sp³-hybridized carbons (Fsp3) is 0.360. The summed E-state index contributed by atoms with van der Waals surface area (Å²) in [4.78, 5) is 25.3. The highest BCUT2D eigenvalue weighted by Crippen LogP contribution is 2.26. The van der Waals surface area contributed by atoms with Gasteiger partial charge in [-0.15, -0.1) is 10.2 Å². The van der Waals surface area contributed by atoms with Crippen molar-refractivity contribution >= 4 is 29.3 Å². The van der Waals surface area contributed by atoms with Crippen molar-refractivity contribution < 1.29 is 9.59 Å². The predicted molar refractivity (Wildman–Crippen MR) is 132 cm³/mol. The number of carbonyl (C=O) groups is 2. The van der Waals surface area contributed by atoms with Gasteiger partial charge in [0.15, 0.2) is 11.0 Å². The zero-order valence-electron chi connectivity index (χ0n) is 19.7. The lowest BCUT2D eigenvalue weighted by molar-refractivity contribution is -0.113. The van der Waals surface area contributed by atoms with Crippen molar-refractivity contribution in [1.29, 1.82) is 0 Å². The highest BCUT2D eigenvalue weighted by molar-refractivity contribution is 7.99. The summed E-state index contributed by atoms with van der Waals surface area (Å²) in [6, 6.07) is 16.6. The van der Waals surface area contributed by atoms with E-state index in [1.807, 2.05) is 67.9 Å². The van der Waals surface area contributed by atoms with Gasteiger partial charge in [0.2, 0.25) is 5.91 Å². The third-order valence-electron chi connectivity index (χ3n) is 5.33. The van der Waals surface area contributed by atoms with Crippen LogP contribution in [0.3, 0.4) is 0 Å². The summed E-state index contributed by atoms with van der Waals surface area (Å²) >= 11 is 1.32. The number of nitrogens with one attached hydrogen (secondary N) is 2. The largest absolute Gasteiger partial charge is 0.342 e. The number of anilines is 1. The van der Waals surface area contributed by atoms with Crippen molar-refractivity contribution in [1.82, 2.24) is 20.1 Å². The molecule has 7 nitrogen and oxygen atoms in total. The monoisotopic (exact) mass is 465 g/mol. The summed E-state index contributed by atoms with van der Waals surface area (Å²) in [5.41, 5.74) is 2.53. The summed E-state index contributed by atoms with van der Waals surface area (Å²) in [5.74, 6) is 1.03. The van der Waals surface area contributed by atoms with Gasteiger partial charge in [0.25, 0.3) is 5.91 Å². The van der Waals surface area contributed by atoms with E-state index in [0.717, 1.165) is 11.3 Å². The molecule has 1 aromatic heterocycles. The number of amides is 2. The fourth-order valence-electron chi connectivity index (χ4n) is 3.50. The minimum atomic E-state index is -0.309. The van der Waals surface area contributed by atoms with Gasteiger partial charge in [-0.3, -0.25) is 9.59 Å². The van der Waals surface area contributed by atoms with Gasteiger partial charge < -0.3 is 15.2 Å². The Kier molecular flexibility index (Phi) is 8.27. The van der Waals surface area contributed by atoms with Crippen LogP contribution in [0.2, 0.25) is 0 Å². The van der Waals surface area contributed by atoms with Crippen LogP contribution in [-0.4, -0.2) is 32.3 Å². The molecule has 0 fully saturated rings. The number of hydrogen-bond acceptors (Lipinski definition) is 5. The van der Waals surface area contributed by atoms with Gasteiger partial charge >= 0.3 is 0 Å². The molecular weight excluding hydrogens is 434 g/mol. The van der Waals surface area contributed by atoms with Gasteiger partial charge in [-0.1, -0.05) is 75.9 Å². The van der Waals surface area contributed by atoms with E-state index in [1.54, 1.807) is 12.1 Å². The van der Waals surface area contributed by atoms with Crippen LogP contribution in [0.25, 0.3) is 0 Å². The Bertz CT molecular complexity index is 1100. The van der Waals surface area contributed by atoms with E-state index in [-0.39, 0.29) is 29.5 Å². The summed E-state index contributed by atoms with van der Waals surface area (Å²) in [6.07, 6.45) is 0. The molecule has 8 heteroatoms. The van der Waals surface area contributed by atoms with Crippen molar-refractivity contribution in [3.05, 3.63) is 71.5 Å². The SMILES string of the molecule is CC(C)c1ccccc1NC(=O)CSc1nnc([C@H](NC(=O)c2ccccc2)C(C)C)n1C. The number of benzene rings is 2. The zero-order chi connectivity index (χ0) is 24.0. The molecule has 3 aromatic rings. The Morgan fingerprint density at radius 3 is 2.30 bits per heavy atom. The molecule has 0 saturated heterocycles. The maximum atomic E-state index is 12.7. The van der Waals surface area contributed by atoms with E-state index in [0.29, 0.717) is 22.5 Å². The molecule has 2 amide bonds. The second-order valence-corrected chi connectivity index (χ2v) is 9.48. The lowest BCUT2D eigenvalue weighted by atomic mass is 10.0. The van der Waals surface area contributed by atoms with Crippen LogP contribution in [-0.2, 0) is 11.8 Å². The minimum absolute atomic E-state index is 0.101. The van der Waals surface area contributed by atoms with Gasteiger partial charge in [0.1, 0.15) is 0 Å². The van der Waals surface area contributed by atoms with Crippen molar-refractivity contribution in [3.8, 4) is 0 Å². The summed E-state index contributed by atoms with van der Waals surface area (Å²) < 4.78 is 1.84. The molecular formula is C25H31N5O2S. The summed E-state index contributed by atoms with van der Waals surface area (Å²) in [5, 5.41) is 15.3. The molecule has 0 aliphatic heterocycles. The highest BCUT2D eigenvalue weighted by atomic mass is 32.2. The molecule has 0 bridgehead atoms. The Morgan fingerprint density at radius 2 is 1.64 bits per heavy atom. The first kappa shape index (κ1) is 24.5. The number of thioether (sulfide) groups is 1. The molecule has 2 aromatic carbocycles. The van der Waals surface area contributed by atoms with Crippen LogP contribution in [0.5, 0.6) is 0 Å². The number of hydrogen-bond donors (Lipinski definition) is 2. The molecule has 0 aliphatic carbocycles. The quantitative estimate of drug-likeness (QED) is 0.443. The highest BCUT2D eigenvalue weighted by Gasteiger charge is 2.25. The second-order valence-electron chi connectivity index (χ2n) is 8.54. The van der Waals surface area contributed by atoms with Crippen molar-refractivity contribution in [2.24, 2.45) is 13.0 Å². The van der Waals surface area contributed by atoms with Gasteiger partial charge in [-0.05, 0) is 35.6 Å². The van der Waals surface area contributed by atoms with E-state index in [9.17, 15) is 9.59 Å². The van der Waals surface area contributed by atoms with Crippen molar-refractivity contribution in [2.45, 2.75) is 44.8 Å². The van der Waals surface area contributed by atoms with E-state index >= 15 is 0 Å². The summed E-state index contributed by atoms with van der Waals surface area (Å²) in [7, 11) is 1.85. The molecule has 0 radical (unpaired) electrons. The Morgan fingerprint density at radius 1 is 0.970 bits per heavy atom. The van der Waals surface area contributed by atoms with E-state index in [2.05, 4.69) is 34.7 Å². The first-order valence-corrected chi connectivity index (χ1v) is 12.0. The molecule has 1 atom stereocenters. The summed E-state index contributed by atoms with van der Waals surface area (Å²) in [6.45, 7) is 8.25. The third-order valence-corrected chi connectivity index (χ3v) is 6.35. The zero-order valence-corrected chi connectivity index (χ0v) is 20.5. The normalized spacial score (nSPS) is 12.1. The van der Waals surface area contributed by atoms with Crippen LogP contribution in [0.15, 0.2) is 59.8 Å². The van der Waals surface area contributed by atoms with Gasteiger partial charge in [-0.2, -0.15) is 0 Å². The maximum absolute atomic E-state index is 12.7. The lowest BCUT2D eigenvalue weighted by Crippen LogP contribution is -2.33. The van der Waals surface area contributed by atoms with E-state index in [1.165, 1.54) is 11.8 Å². The molecule has 33 heavy (non-hydrogen) atoms. The van der Waals surface area contributed by atoms with Crippen LogP contribution in [0.1, 0.15) is 61.4 Å². The Balaban J connectivity index is 1.67. The second kappa shape index (κ2) is 11.1. The van der Waals surface area contributed by atoms with E-state index < -0.39 is 0 Å². The van der Waals surface area contributed by atoms with Gasteiger partial charge in [-0.25, -0.2) is 0 Å². The average Bonchev–Trinajstić information content (AvgIpc) is 3.16. The van der Waals surface area contributed by atoms with Crippen molar-refractivity contribution in [2.75, 3.05) is 11.1 Å². The number of nitrogens with zero attached hydrogens (tertiary/aromatic N) is 3. The topological polar surface area (TPSA) is 88.9 Å². The van der Waals surface area contributed by atoms with Crippen LogP contribution >= 0.6 is 11.8 Å². The fourth-order valence-corrected chi connectivity index (χ4v) is 4.21. The molecule has 0 spiro atoms. The van der Waals surface area contributed by atoms with Crippen LogP contribution in [0.4, 0.5) is 5.69 Å². The van der Waals surface area contributed by atoms with Gasteiger partial charge in [0, 0.05) is 18.3 Å². The molecule has 0 saturated carbocycles. The van der Waals surface area contributed by atoms with Crippen LogP contribution < -0.4 is 10.6 Å². The van der Waals surface area contributed by atoms with Crippen LogP contribution in [0, 0.1) is 5.92 Å². The number of aromatic nitrogens is 3. The van der Waals surface area contributed by atoms with E-state index in [4.69, 9.17) is 0 Å². The molecule has 3 rings (SSSR count). The number of carbonyl (C=O) groups excluding carboxylic acids is 2. The first-order chi connectivity index (χ1) is 15.8. The average molecular weight is 466 g/mol. The molecule has 0 aliphatic rings. The Hall–Kier alpha value is -3.13. The standard InChI is InChI=1S/C25H31N5O2S/c1-16(2)19-13-9-10-14-20(19)26-21(31)15-33-25-29-28-23(30(25)5)22(17(3)4)27-24(32)18-11-7-6-8-12-18/h6-14,16-17,22H,15H2,1-5H3,(H,26,31)(H,27,32)/t22-/m1/s1. The maximum Gasteiger partial charge on any atom is 0.251 e.